The first kappa shape index (κ1) is 15.1. The van der Waals surface area contributed by atoms with Gasteiger partial charge in [-0.25, -0.2) is 4.98 Å². The van der Waals surface area contributed by atoms with E-state index in [-0.39, 0.29) is 11.4 Å². The van der Waals surface area contributed by atoms with Crippen LogP contribution < -0.4 is 0 Å². The molecular formula is C18H25N3O2. The van der Waals surface area contributed by atoms with E-state index in [2.05, 4.69) is 17.9 Å². The van der Waals surface area contributed by atoms with Gasteiger partial charge < -0.3 is 9.64 Å². The third kappa shape index (κ3) is 2.46. The van der Waals surface area contributed by atoms with Gasteiger partial charge in [-0.05, 0) is 30.9 Å². The second-order valence-corrected chi connectivity index (χ2v) is 7.11. The summed E-state index contributed by atoms with van der Waals surface area (Å²) < 4.78 is 5.54. The number of carbonyl (C=O) groups is 1. The van der Waals surface area contributed by atoms with Crippen molar-refractivity contribution in [2.75, 3.05) is 39.4 Å². The Morgan fingerprint density at radius 2 is 2.04 bits per heavy atom. The summed E-state index contributed by atoms with van der Waals surface area (Å²) >= 11 is 0. The Bertz CT molecular complexity index is 588. The summed E-state index contributed by atoms with van der Waals surface area (Å²) in [5.74, 6) is 0.872. The molecule has 0 N–H and O–H groups in total. The number of hydrogen-bond donors (Lipinski definition) is 0. The molecule has 0 aromatic carbocycles. The molecule has 3 aliphatic heterocycles. The maximum absolute atomic E-state index is 12.6. The minimum absolute atomic E-state index is 0.0785. The second-order valence-electron chi connectivity index (χ2n) is 7.11. The summed E-state index contributed by atoms with van der Waals surface area (Å²) in [5, 5.41) is 0. The van der Waals surface area contributed by atoms with Crippen LogP contribution in [0.3, 0.4) is 0 Å². The Morgan fingerprint density at radius 1 is 1.30 bits per heavy atom. The number of rotatable bonds is 4. The van der Waals surface area contributed by atoms with E-state index >= 15 is 0 Å². The quantitative estimate of drug-likeness (QED) is 0.851. The highest BCUT2D eigenvalue weighted by Gasteiger charge is 2.51. The number of nitrogens with zero attached hydrogens (tertiary/aromatic N) is 3. The number of aromatic nitrogens is 1. The summed E-state index contributed by atoms with van der Waals surface area (Å²) in [6.07, 6.45) is 3.44. The lowest BCUT2D eigenvalue weighted by atomic mass is 9.83. The van der Waals surface area contributed by atoms with Gasteiger partial charge >= 0.3 is 0 Å². The average Bonchev–Trinajstić information content (AvgIpc) is 3.02. The molecule has 0 aliphatic carbocycles. The normalized spacial score (nSPS) is 24.3. The van der Waals surface area contributed by atoms with Crippen molar-refractivity contribution in [1.82, 2.24) is 14.8 Å². The molecule has 1 aromatic heterocycles. The maximum atomic E-state index is 12.6. The highest BCUT2D eigenvalue weighted by molar-refractivity contribution is 5.92. The van der Waals surface area contributed by atoms with Crippen molar-refractivity contribution < 1.29 is 9.53 Å². The zero-order valence-electron chi connectivity index (χ0n) is 13.8. The molecule has 0 radical (unpaired) electrons. The van der Waals surface area contributed by atoms with Crippen LogP contribution in [0.1, 0.15) is 42.4 Å². The molecule has 23 heavy (non-hydrogen) atoms. The van der Waals surface area contributed by atoms with Crippen molar-refractivity contribution in [2.45, 2.75) is 31.7 Å². The van der Waals surface area contributed by atoms with E-state index < -0.39 is 0 Å². The summed E-state index contributed by atoms with van der Waals surface area (Å²) in [5.41, 5.74) is 1.49. The van der Waals surface area contributed by atoms with Crippen molar-refractivity contribution in [1.29, 1.82) is 0 Å². The Balaban J connectivity index is 1.56. The van der Waals surface area contributed by atoms with Crippen LogP contribution >= 0.6 is 0 Å². The van der Waals surface area contributed by atoms with Crippen LogP contribution in [0.2, 0.25) is 0 Å². The molecule has 5 nitrogen and oxygen atoms in total. The van der Waals surface area contributed by atoms with Gasteiger partial charge in [0.1, 0.15) is 11.2 Å². The third-order valence-corrected chi connectivity index (χ3v) is 5.66. The van der Waals surface area contributed by atoms with E-state index in [1.165, 1.54) is 6.42 Å². The highest BCUT2D eigenvalue weighted by Crippen LogP contribution is 2.40. The topological polar surface area (TPSA) is 45.7 Å². The standard InChI is InChI=1S/C18H25N3O2/c1-2-14-10-21(11-14)18(12-23-13-18)16-7-5-6-15(19-16)17(22)20-8-3-4-9-20/h5-7,14H,2-4,8-13H2,1H3. The van der Waals surface area contributed by atoms with Crippen molar-refractivity contribution in [3.63, 3.8) is 0 Å². The van der Waals surface area contributed by atoms with Crippen LogP contribution in [0.4, 0.5) is 0 Å². The lowest BCUT2D eigenvalue weighted by Crippen LogP contribution is -2.66. The second kappa shape index (κ2) is 5.87. The van der Waals surface area contributed by atoms with Gasteiger partial charge in [-0.1, -0.05) is 19.4 Å². The van der Waals surface area contributed by atoms with Crippen LogP contribution in [0, 0.1) is 5.92 Å². The minimum Gasteiger partial charge on any atom is -0.377 e. The van der Waals surface area contributed by atoms with Crippen LogP contribution in [-0.4, -0.2) is 60.1 Å². The third-order valence-electron chi connectivity index (χ3n) is 5.66. The number of hydrogen-bond acceptors (Lipinski definition) is 4. The Labute approximate surface area is 137 Å². The number of likely N-dealkylation sites (tertiary alicyclic amines) is 2. The Hall–Kier alpha value is -1.46. The van der Waals surface area contributed by atoms with Crippen LogP contribution in [0.25, 0.3) is 0 Å². The minimum atomic E-state index is -0.104. The highest BCUT2D eigenvalue weighted by atomic mass is 16.5. The van der Waals surface area contributed by atoms with Gasteiger partial charge in [-0.2, -0.15) is 0 Å². The summed E-state index contributed by atoms with van der Waals surface area (Å²) in [7, 11) is 0. The molecule has 1 amide bonds. The fourth-order valence-corrected chi connectivity index (χ4v) is 3.86. The predicted octanol–water partition coefficient (Wildman–Crippen LogP) is 1.88. The lowest BCUT2D eigenvalue weighted by molar-refractivity contribution is -0.181. The Kier molecular flexibility index (Phi) is 3.85. The first-order chi connectivity index (χ1) is 11.2. The number of ether oxygens (including phenoxy) is 1. The van der Waals surface area contributed by atoms with E-state index in [0.29, 0.717) is 18.9 Å². The summed E-state index contributed by atoms with van der Waals surface area (Å²) in [4.78, 5) is 21.8. The first-order valence-electron chi connectivity index (χ1n) is 8.82. The predicted molar refractivity (Wildman–Crippen MR) is 87.2 cm³/mol. The van der Waals surface area contributed by atoms with Gasteiger partial charge in [0.2, 0.25) is 0 Å². The molecule has 3 fully saturated rings. The summed E-state index contributed by atoms with van der Waals surface area (Å²) in [6, 6.07) is 5.88. The fourth-order valence-electron chi connectivity index (χ4n) is 3.86. The van der Waals surface area contributed by atoms with Crippen LogP contribution in [0.15, 0.2) is 18.2 Å². The molecule has 3 saturated heterocycles. The van der Waals surface area contributed by atoms with E-state index in [4.69, 9.17) is 9.72 Å². The molecule has 5 heteroatoms. The molecule has 0 bridgehead atoms. The largest absolute Gasteiger partial charge is 0.377 e. The zero-order chi connectivity index (χ0) is 15.9. The van der Waals surface area contributed by atoms with Crippen molar-refractivity contribution in [3.05, 3.63) is 29.6 Å². The molecule has 0 unspecified atom stereocenters. The van der Waals surface area contributed by atoms with Gasteiger partial charge in [-0.3, -0.25) is 9.69 Å². The van der Waals surface area contributed by atoms with E-state index in [9.17, 15) is 4.79 Å². The molecule has 4 rings (SSSR count). The summed E-state index contributed by atoms with van der Waals surface area (Å²) in [6.45, 7) is 7.60. The molecule has 0 atom stereocenters. The van der Waals surface area contributed by atoms with Crippen molar-refractivity contribution >= 4 is 5.91 Å². The number of amides is 1. The monoisotopic (exact) mass is 315 g/mol. The van der Waals surface area contributed by atoms with E-state index in [1.54, 1.807) is 0 Å². The zero-order valence-corrected chi connectivity index (χ0v) is 13.8. The van der Waals surface area contributed by atoms with Crippen molar-refractivity contribution in [3.8, 4) is 0 Å². The molecule has 0 saturated carbocycles. The number of carbonyl (C=O) groups excluding carboxylic acids is 1. The average molecular weight is 315 g/mol. The molecule has 1 aromatic rings. The SMILES string of the molecule is CCC1CN(C2(c3cccc(C(=O)N4CCCC4)n3)COC2)C1. The van der Waals surface area contributed by atoms with Gasteiger partial charge in [0.15, 0.2) is 0 Å². The van der Waals surface area contributed by atoms with E-state index in [1.807, 2.05) is 17.0 Å². The Morgan fingerprint density at radius 3 is 2.65 bits per heavy atom. The molecule has 3 aliphatic rings. The van der Waals surface area contributed by atoms with Gasteiger partial charge in [0, 0.05) is 26.2 Å². The molecule has 0 spiro atoms. The van der Waals surface area contributed by atoms with Gasteiger partial charge in [0.25, 0.3) is 5.91 Å². The van der Waals surface area contributed by atoms with Crippen LogP contribution in [0.5, 0.6) is 0 Å². The van der Waals surface area contributed by atoms with Crippen LogP contribution in [-0.2, 0) is 10.3 Å². The first-order valence-corrected chi connectivity index (χ1v) is 8.82. The smallest absolute Gasteiger partial charge is 0.272 e. The van der Waals surface area contributed by atoms with Gasteiger partial charge in [-0.15, -0.1) is 0 Å². The number of pyridine rings is 1. The van der Waals surface area contributed by atoms with Gasteiger partial charge in [0.05, 0.1) is 18.9 Å². The fraction of sp³-hybridized carbons (Fsp3) is 0.667. The maximum Gasteiger partial charge on any atom is 0.272 e. The lowest BCUT2D eigenvalue weighted by Gasteiger charge is -2.55. The molecular weight excluding hydrogens is 290 g/mol. The molecule has 124 valence electrons. The molecule has 4 heterocycles. The van der Waals surface area contributed by atoms with Crippen molar-refractivity contribution in [2.24, 2.45) is 5.92 Å². The van der Waals surface area contributed by atoms with E-state index in [0.717, 1.165) is 50.6 Å².